The number of nitrogens with two attached hydrogens (primary N) is 1. The van der Waals surface area contributed by atoms with E-state index < -0.39 is 0 Å². The second kappa shape index (κ2) is 5.81. The number of hydrogen-bond acceptors (Lipinski definition) is 4. The molecule has 5 nitrogen and oxygen atoms in total. The molecule has 1 fully saturated rings. The van der Waals surface area contributed by atoms with Gasteiger partial charge in [0.25, 0.3) is 5.91 Å². The van der Waals surface area contributed by atoms with Crippen molar-refractivity contribution in [2.45, 2.75) is 31.7 Å². The predicted molar refractivity (Wildman–Crippen MR) is 81.6 cm³/mol. The first-order chi connectivity index (χ1) is 9.48. The highest BCUT2D eigenvalue weighted by atomic mass is 16.1. The highest BCUT2D eigenvalue weighted by molar-refractivity contribution is 5.96. The number of aryl methyl sites for hydroxylation is 1. The van der Waals surface area contributed by atoms with Crippen molar-refractivity contribution in [3.05, 3.63) is 29.3 Å². The Hall–Kier alpha value is -1.59. The minimum atomic E-state index is -0.0146. The predicted octanol–water partition coefficient (Wildman–Crippen LogP) is 1.49. The summed E-state index contributed by atoms with van der Waals surface area (Å²) in [7, 11) is 4.16. The lowest BCUT2D eigenvalue weighted by molar-refractivity contribution is 0.0557. The van der Waals surface area contributed by atoms with E-state index in [0.717, 1.165) is 24.1 Å². The number of hydrogen-bond donors (Lipinski definition) is 3. The third kappa shape index (κ3) is 2.78. The Balaban J connectivity index is 2.02. The van der Waals surface area contributed by atoms with Crippen molar-refractivity contribution in [3.8, 4) is 0 Å². The lowest BCUT2D eigenvalue weighted by Gasteiger charge is -2.47. The van der Waals surface area contributed by atoms with Crippen LogP contribution in [0.3, 0.4) is 0 Å². The van der Waals surface area contributed by atoms with Crippen molar-refractivity contribution in [1.29, 1.82) is 0 Å². The van der Waals surface area contributed by atoms with Crippen LogP contribution in [-0.2, 0) is 0 Å². The molecule has 0 heterocycles. The molecule has 0 unspecified atom stereocenters. The van der Waals surface area contributed by atoms with Crippen LogP contribution >= 0.6 is 0 Å². The lowest BCUT2D eigenvalue weighted by atomic mass is 9.75. The molecule has 5 heteroatoms. The second-order valence-electron chi connectivity index (χ2n) is 5.83. The van der Waals surface area contributed by atoms with Gasteiger partial charge >= 0.3 is 0 Å². The van der Waals surface area contributed by atoms with Crippen LogP contribution in [0.4, 0.5) is 5.69 Å². The zero-order valence-electron chi connectivity index (χ0n) is 12.5. The van der Waals surface area contributed by atoms with Gasteiger partial charge in [0.2, 0.25) is 0 Å². The Labute approximate surface area is 120 Å². The average molecular weight is 276 g/mol. The Morgan fingerprint density at radius 2 is 2.10 bits per heavy atom. The van der Waals surface area contributed by atoms with E-state index in [1.54, 1.807) is 0 Å². The van der Waals surface area contributed by atoms with Gasteiger partial charge in [-0.25, -0.2) is 0 Å². The first-order valence-corrected chi connectivity index (χ1v) is 7.01. The van der Waals surface area contributed by atoms with Gasteiger partial charge < -0.3 is 15.6 Å². The van der Waals surface area contributed by atoms with Gasteiger partial charge in [-0.15, -0.1) is 0 Å². The molecular weight excluding hydrogens is 252 g/mol. The van der Waals surface area contributed by atoms with Crippen molar-refractivity contribution in [2.24, 2.45) is 5.84 Å². The third-order valence-electron chi connectivity index (χ3n) is 4.45. The summed E-state index contributed by atoms with van der Waals surface area (Å²) in [5.41, 5.74) is 5.16. The molecular formula is C15H24N4O. The first kappa shape index (κ1) is 14.8. The molecule has 0 atom stereocenters. The smallest absolute Gasteiger partial charge is 0.251 e. The summed E-state index contributed by atoms with van der Waals surface area (Å²) in [6.45, 7) is 2.62. The second-order valence-corrected chi connectivity index (χ2v) is 5.83. The number of nitrogens with one attached hydrogen (secondary N) is 2. The Morgan fingerprint density at radius 1 is 1.40 bits per heavy atom. The van der Waals surface area contributed by atoms with E-state index in [-0.39, 0.29) is 11.4 Å². The van der Waals surface area contributed by atoms with Gasteiger partial charge in [-0.3, -0.25) is 10.6 Å². The zero-order chi connectivity index (χ0) is 14.8. The topological polar surface area (TPSA) is 70.4 Å². The quantitative estimate of drug-likeness (QED) is 0.563. The maximum absolute atomic E-state index is 12.3. The molecule has 0 saturated heterocycles. The maximum atomic E-state index is 12.3. The third-order valence-corrected chi connectivity index (χ3v) is 4.45. The van der Waals surface area contributed by atoms with Crippen LogP contribution < -0.4 is 16.6 Å². The molecule has 1 aliphatic carbocycles. The number of likely N-dealkylation sites (N-methyl/N-ethyl adjacent to an activating group) is 1. The normalized spacial score (nSPS) is 16.6. The SMILES string of the molecule is Cc1cc(NN)ccc1C(=O)NCC1(N(C)C)CCC1. The fraction of sp³-hybridized carbons (Fsp3) is 0.533. The van der Waals surface area contributed by atoms with Crippen molar-refractivity contribution >= 4 is 11.6 Å². The summed E-state index contributed by atoms with van der Waals surface area (Å²) < 4.78 is 0. The summed E-state index contributed by atoms with van der Waals surface area (Å²) in [6, 6.07) is 5.50. The van der Waals surface area contributed by atoms with Crippen LogP contribution in [0.25, 0.3) is 0 Å². The number of carbonyl (C=O) groups excluding carboxylic acids is 1. The van der Waals surface area contributed by atoms with E-state index in [1.807, 2.05) is 25.1 Å². The molecule has 1 aromatic rings. The van der Waals surface area contributed by atoms with Gasteiger partial charge in [0, 0.05) is 23.3 Å². The van der Waals surface area contributed by atoms with Crippen molar-refractivity contribution in [1.82, 2.24) is 10.2 Å². The molecule has 0 aromatic heterocycles. The summed E-state index contributed by atoms with van der Waals surface area (Å²) in [4.78, 5) is 14.5. The Kier molecular flexibility index (Phi) is 4.30. The van der Waals surface area contributed by atoms with Gasteiger partial charge in [0.1, 0.15) is 0 Å². The highest BCUT2D eigenvalue weighted by Crippen LogP contribution is 2.35. The summed E-state index contributed by atoms with van der Waals surface area (Å²) in [5.74, 6) is 5.35. The molecule has 0 spiro atoms. The average Bonchev–Trinajstić information content (AvgIpc) is 2.36. The van der Waals surface area contributed by atoms with Gasteiger partial charge in [0.05, 0.1) is 0 Å². The van der Waals surface area contributed by atoms with Crippen LogP contribution in [0, 0.1) is 6.92 Å². The lowest BCUT2D eigenvalue weighted by Crippen LogP contribution is -2.57. The fourth-order valence-electron chi connectivity index (χ4n) is 2.72. The van der Waals surface area contributed by atoms with E-state index in [9.17, 15) is 4.79 Å². The van der Waals surface area contributed by atoms with Crippen LogP contribution in [-0.4, -0.2) is 37.0 Å². The number of hydrazine groups is 1. The standard InChI is InChI=1S/C15H24N4O/c1-11-9-12(18-16)5-6-13(11)14(20)17-10-15(19(2)3)7-4-8-15/h5-6,9,18H,4,7-8,10,16H2,1-3H3,(H,17,20). The molecule has 1 amide bonds. The molecule has 0 radical (unpaired) electrons. The maximum Gasteiger partial charge on any atom is 0.251 e. The van der Waals surface area contributed by atoms with E-state index in [2.05, 4.69) is 29.7 Å². The van der Waals surface area contributed by atoms with E-state index in [4.69, 9.17) is 5.84 Å². The van der Waals surface area contributed by atoms with Gasteiger partial charge in [-0.05, 0) is 64.0 Å². The monoisotopic (exact) mass is 276 g/mol. The van der Waals surface area contributed by atoms with Gasteiger partial charge in [-0.1, -0.05) is 0 Å². The number of anilines is 1. The highest BCUT2D eigenvalue weighted by Gasteiger charge is 2.39. The van der Waals surface area contributed by atoms with E-state index in [1.165, 1.54) is 6.42 Å². The molecule has 110 valence electrons. The minimum Gasteiger partial charge on any atom is -0.350 e. The van der Waals surface area contributed by atoms with Crippen molar-refractivity contribution < 1.29 is 4.79 Å². The molecule has 1 saturated carbocycles. The Bertz CT molecular complexity index is 495. The largest absolute Gasteiger partial charge is 0.350 e. The number of nitrogen functional groups attached to an aromatic ring is 1. The number of rotatable bonds is 5. The molecule has 4 N–H and O–H groups in total. The van der Waals surface area contributed by atoms with Crippen LogP contribution in [0.5, 0.6) is 0 Å². The minimum absolute atomic E-state index is 0.0146. The summed E-state index contributed by atoms with van der Waals surface area (Å²) >= 11 is 0. The van der Waals surface area contributed by atoms with Gasteiger partial charge in [-0.2, -0.15) is 0 Å². The Morgan fingerprint density at radius 3 is 2.55 bits per heavy atom. The van der Waals surface area contributed by atoms with Gasteiger partial charge in [0.15, 0.2) is 0 Å². The first-order valence-electron chi connectivity index (χ1n) is 7.01. The summed E-state index contributed by atoms with van der Waals surface area (Å²) in [6.07, 6.45) is 3.54. The number of nitrogens with zero attached hydrogens (tertiary/aromatic N) is 1. The van der Waals surface area contributed by atoms with Crippen LogP contribution in [0.15, 0.2) is 18.2 Å². The summed E-state index contributed by atoms with van der Waals surface area (Å²) in [5, 5.41) is 3.07. The number of benzene rings is 1. The van der Waals surface area contributed by atoms with Crippen LogP contribution in [0.2, 0.25) is 0 Å². The fourth-order valence-corrected chi connectivity index (χ4v) is 2.72. The molecule has 1 aliphatic rings. The molecule has 2 rings (SSSR count). The molecule has 20 heavy (non-hydrogen) atoms. The molecule has 0 bridgehead atoms. The van der Waals surface area contributed by atoms with E-state index >= 15 is 0 Å². The molecule has 0 aliphatic heterocycles. The van der Waals surface area contributed by atoms with E-state index in [0.29, 0.717) is 12.1 Å². The van der Waals surface area contributed by atoms with Crippen LogP contribution in [0.1, 0.15) is 35.2 Å². The van der Waals surface area contributed by atoms with Crippen molar-refractivity contribution in [2.75, 3.05) is 26.1 Å². The molecule has 1 aromatic carbocycles. The number of amides is 1. The number of carbonyl (C=O) groups is 1. The zero-order valence-corrected chi connectivity index (χ0v) is 12.5. The van der Waals surface area contributed by atoms with Crippen molar-refractivity contribution in [3.63, 3.8) is 0 Å².